The third-order valence-electron chi connectivity index (χ3n) is 4.19. The van der Waals surface area contributed by atoms with Crippen molar-refractivity contribution in [2.75, 3.05) is 25.4 Å². The van der Waals surface area contributed by atoms with E-state index in [1.165, 1.54) is 37.9 Å². The van der Waals surface area contributed by atoms with Crippen molar-refractivity contribution in [2.24, 2.45) is 11.7 Å². The van der Waals surface area contributed by atoms with Gasteiger partial charge in [-0.25, -0.2) is 4.98 Å². The molecule has 1 aromatic rings. The van der Waals surface area contributed by atoms with Gasteiger partial charge in [0, 0.05) is 30.5 Å². The number of rotatable bonds is 9. The number of ether oxygens (including phenoxy) is 1. The largest absolute Gasteiger partial charge is 0.473 e. The fourth-order valence-corrected chi connectivity index (χ4v) is 3.08. The Hall–Kier alpha value is -1.53. The summed E-state index contributed by atoms with van der Waals surface area (Å²) in [5.74, 6) is 0.550. The average Bonchev–Trinajstić information content (AvgIpc) is 2.59. The number of thiol groups is 1. The molecule has 0 spiro atoms. The van der Waals surface area contributed by atoms with Gasteiger partial charge in [-0.2, -0.15) is 12.6 Å². The number of nitrogens with zero attached hydrogens (tertiary/aromatic N) is 2. The Kier molecular flexibility index (Phi) is 8.12. The minimum Gasteiger partial charge on any atom is -0.473 e. The lowest BCUT2D eigenvalue weighted by atomic mass is 10.1. The average molecular weight is 350 g/mol. The van der Waals surface area contributed by atoms with Crippen LogP contribution in [0.25, 0.3) is 0 Å². The minimum atomic E-state index is -0.317. The van der Waals surface area contributed by atoms with Crippen LogP contribution in [-0.2, 0) is 11.3 Å². The number of nitrogens with two attached hydrogens (primary N) is 1. The summed E-state index contributed by atoms with van der Waals surface area (Å²) in [7, 11) is 0. The van der Waals surface area contributed by atoms with Crippen LogP contribution in [0.3, 0.4) is 0 Å². The summed E-state index contributed by atoms with van der Waals surface area (Å²) in [4.78, 5) is 17.8. The fraction of sp³-hybridized carbons (Fsp3) is 0.556. The lowest BCUT2D eigenvalue weighted by molar-refractivity contribution is -0.121. The van der Waals surface area contributed by atoms with Crippen molar-refractivity contribution in [3.8, 4) is 5.88 Å². The number of carbonyl (C=O) groups excluding carboxylic acids is 1. The first kappa shape index (κ1) is 18.8. The van der Waals surface area contributed by atoms with E-state index in [-0.39, 0.29) is 11.8 Å². The first-order valence-corrected chi connectivity index (χ1v) is 9.17. The SMILES string of the molecule is NC(=O)C(CS)CC=CCOc1cc(CN2CCCCC2)ccn1. The topological polar surface area (TPSA) is 68.5 Å². The van der Waals surface area contributed by atoms with E-state index in [9.17, 15) is 4.79 Å². The summed E-state index contributed by atoms with van der Waals surface area (Å²) < 4.78 is 5.66. The Morgan fingerprint density at radius 1 is 1.38 bits per heavy atom. The van der Waals surface area contributed by atoms with Crippen molar-refractivity contribution >= 4 is 18.5 Å². The van der Waals surface area contributed by atoms with Crippen LogP contribution in [0.5, 0.6) is 5.88 Å². The zero-order chi connectivity index (χ0) is 17.2. The van der Waals surface area contributed by atoms with Crippen molar-refractivity contribution in [1.29, 1.82) is 0 Å². The van der Waals surface area contributed by atoms with Crippen LogP contribution in [0.15, 0.2) is 30.5 Å². The van der Waals surface area contributed by atoms with Crippen LogP contribution in [0, 0.1) is 5.92 Å². The van der Waals surface area contributed by atoms with E-state index in [4.69, 9.17) is 10.5 Å². The van der Waals surface area contributed by atoms with E-state index in [0.29, 0.717) is 24.7 Å². The molecule has 0 bridgehead atoms. The summed E-state index contributed by atoms with van der Waals surface area (Å²) in [6, 6.07) is 4.05. The summed E-state index contributed by atoms with van der Waals surface area (Å²) in [5.41, 5.74) is 6.51. The number of allylic oxidation sites excluding steroid dienone is 1. The molecule has 1 aliphatic heterocycles. The number of amides is 1. The van der Waals surface area contributed by atoms with Gasteiger partial charge in [-0.05, 0) is 44.0 Å². The van der Waals surface area contributed by atoms with E-state index in [0.717, 1.165) is 6.54 Å². The first-order valence-electron chi connectivity index (χ1n) is 8.54. The third kappa shape index (κ3) is 6.53. The van der Waals surface area contributed by atoms with Crippen molar-refractivity contribution in [3.63, 3.8) is 0 Å². The van der Waals surface area contributed by atoms with Gasteiger partial charge in [-0.1, -0.05) is 18.6 Å². The molecular formula is C18H27N3O2S. The molecule has 1 amide bonds. The predicted molar refractivity (Wildman–Crippen MR) is 99.2 cm³/mol. The van der Waals surface area contributed by atoms with Gasteiger partial charge in [0.25, 0.3) is 0 Å². The number of aromatic nitrogens is 1. The minimum absolute atomic E-state index is 0.226. The Morgan fingerprint density at radius 2 is 2.17 bits per heavy atom. The quantitative estimate of drug-likeness (QED) is 0.531. The number of likely N-dealkylation sites (tertiary alicyclic amines) is 1. The molecule has 0 aliphatic carbocycles. The molecular weight excluding hydrogens is 322 g/mol. The molecule has 24 heavy (non-hydrogen) atoms. The van der Waals surface area contributed by atoms with Crippen LogP contribution in [0.4, 0.5) is 0 Å². The zero-order valence-corrected chi connectivity index (χ0v) is 15.0. The maximum Gasteiger partial charge on any atom is 0.221 e. The predicted octanol–water partition coefficient (Wildman–Crippen LogP) is 2.42. The van der Waals surface area contributed by atoms with Gasteiger partial charge in [0.15, 0.2) is 0 Å². The molecule has 1 saturated heterocycles. The van der Waals surface area contributed by atoms with Crippen LogP contribution < -0.4 is 10.5 Å². The molecule has 1 aromatic heterocycles. The van der Waals surface area contributed by atoms with Gasteiger partial charge in [0.05, 0.1) is 0 Å². The van der Waals surface area contributed by atoms with E-state index in [1.807, 2.05) is 24.3 Å². The molecule has 0 saturated carbocycles. The molecule has 2 heterocycles. The molecule has 0 radical (unpaired) electrons. The Morgan fingerprint density at radius 3 is 2.88 bits per heavy atom. The summed E-state index contributed by atoms with van der Waals surface area (Å²) >= 11 is 4.12. The van der Waals surface area contributed by atoms with Crippen LogP contribution in [0.1, 0.15) is 31.2 Å². The number of hydrogen-bond acceptors (Lipinski definition) is 5. The molecule has 1 unspecified atom stereocenters. The van der Waals surface area contributed by atoms with Crippen molar-refractivity contribution < 1.29 is 9.53 Å². The van der Waals surface area contributed by atoms with Gasteiger partial charge in [0.2, 0.25) is 11.8 Å². The highest BCUT2D eigenvalue weighted by molar-refractivity contribution is 7.80. The molecule has 1 fully saturated rings. The van der Waals surface area contributed by atoms with Crippen molar-refractivity contribution in [3.05, 3.63) is 36.0 Å². The normalized spacial score (nSPS) is 17.0. The Balaban J connectivity index is 1.76. The molecule has 2 rings (SSSR count). The van der Waals surface area contributed by atoms with E-state index < -0.39 is 0 Å². The summed E-state index contributed by atoms with van der Waals surface area (Å²) in [6.07, 6.45) is 10.1. The summed E-state index contributed by atoms with van der Waals surface area (Å²) in [6.45, 7) is 3.73. The Labute approximate surface area is 149 Å². The standard InChI is InChI=1S/C18H27N3O2S/c19-18(22)16(14-24)6-2-5-11-23-17-12-15(7-8-20-17)13-21-9-3-1-4-10-21/h2,5,7-8,12,16,24H,1,3-4,6,9-11,13-14H2,(H2,19,22). The second-order valence-electron chi connectivity index (χ2n) is 6.14. The van der Waals surface area contributed by atoms with Gasteiger partial charge >= 0.3 is 0 Å². The number of primary amides is 1. The number of carbonyl (C=O) groups is 1. The van der Waals surface area contributed by atoms with Crippen LogP contribution in [0.2, 0.25) is 0 Å². The van der Waals surface area contributed by atoms with Gasteiger partial charge < -0.3 is 10.5 Å². The second-order valence-corrected chi connectivity index (χ2v) is 6.50. The molecule has 5 nitrogen and oxygen atoms in total. The smallest absolute Gasteiger partial charge is 0.221 e. The molecule has 1 atom stereocenters. The molecule has 132 valence electrons. The highest BCUT2D eigenvalue weighted by Crippen LogP contribution is 2.15. The maximum absolute atomic E-state index is 11.1. The van der Waals surface area contributed by atoms with Crippen LogP contribution >= 0.6 is 12.6 Å². The second kappa shape index (κ2) is 10.4. The van der Waals surface area contributed by atoms with Crippen molar-refractivity contribution in [2.45, 2.75) is 32.2 Å². The highest BCUT2D eigenvalue weighted by Gasteiger charge is 2.11. The monoisotopic (exact) mass is 349 g/mol. The first-order chi connectivity index (χ1) is 11.7. The molecule has 1 aliphatic rings. The van der Waals surface area contributed by atoms with Gasteiger partial charge in [-0.15, -0.1) is 0 Å². The highest BCUT2D eigenvalue weighted by atomic mass is 32.1. The van der Waals surface area contributed by atoms with E-state index in [2.05, 4.69) is 22.5 Å². The van der Waals surface area contributed by atoms with E-state index in [1.54, 1.807) is 6.20 Å². The van der Waals surface area contributed by atoms with Gasteiger partial charge in [-0.3, -0.25) is 9.69 Å². The Bertz CT molecular complexity index is 545. The lowest BCUT2D eigenvalue weighted by Gasteiger charge is -2.26. The summed E-state index contributed by atoms with van der Waals surface area (Å²) in [5, 5.41) is 0. The van der Waals surface area contributed by atoms with E-state index >= 15 is 0 Å². The lowest BCUT2D eigenvalue weighted by Crippen LogP contribution is -2.29. The molecule has 0 aromatic carbocycles. The van der Waals surface area contributed by atoms with Crippen LogP contribution in [-0.4, -0.2) is 41.2 Å². The maximum atomic E-state index is 11.1. The van der Waals surface area contributed by atoms with Gasteiger partial charge in [0.1, 0.15) is 6.61 Å². The number of hydrogen-bond donors (Lipinski definition) is 2. The third-order valence-corrected chi connectivity index (χ3v) is 4.63. The van der Waals surface area contributed by atoms with Crippen molar-refractivity contribution in [1.82, 2.24) is 9.88 Å². The zero-order valence-electron chi connectivity index (χ0n) is 14.1. The fourth-order valence-electron chi connectivity index (χ4n) is 2.75. The number of piperidine rings is 1. The molecule has 2 N–H and O–H groups in total. The number of pyridine rings is 1. The molecule has 6 heteroatoms.